The van der Waals surface area contributed by atoms with Crippen molar-refractivity contribution in [2.24, 2.45) is 10.8 Å². The summed E-state index contributed by atoms with van der Waals surface area (Å²) in [6, 6.07) is 8.80. The molecule has 0 amide bonds. The Kier molecular flexibility index (Phi) is 9.15. The fraction of sp³-hybridized carbons (Fsp3) is 0.600. The van der Waals surface area contributed by atoms with Crippen molar-refractivity contribution >= 4 is 0 Å². The smallest absolute Gasteiger partial charge is 0.0184 e. The van der Waals surface area contributed by atoms with Gasteiger partial charge in [-0.15, -0.1) is 0 Å². The Morgan fingerprint density at radius 2 is 1.52 bits per heavy atom. The molecule has 0 heterocycles. The molecule has 0 saturated carbocycles. The van der Waals surface area contributed by atoms with Crippen LogP contribution in [0.15, 0.2) is 48.8 Å². The first kappa shape index (κ1) is 23.3. The van der Waals surface area contributed by atoms with E-state index in [2.05, 4.69) is 82.7 Å². The van der Waals surface area contributed by atoms with Crippen LogP contribution in [0.5, 0.6) is 0 Å². The molecule has 1 rings (SSSR count). The minimum Gasteiger partial charge on any atom is -0.389 e. The van der Waals surface area contributed by atoms with E-state index < -0.39 is 0 Å². The van der Waals surface area contributed by atoms with Crippen LogP contribution in [0.25, 0.3) is 0 Å². The molecule has 0 bridgehead atoms. The molecule has 2 nitrogen and oxygen atoms in total. The molecule has 27 heavy (non-hydrogen) atoms. The van der Waals surface area contributed by atoms with E-state index in [0.717, 1.165) is 30.9 Å². The molecule has 0 aliphatic heterocycles. The van der Waals surface area contributed by atoms with Crippen LogP contribution in [0.4, 0.5) is 0 Å². The third-order valence-electron chi connectivity index (χ3n) is 5.57. The van der Waals surface area contributed by atoms with E-state index in [4.69, 9.17) is 0 Å². The zero-order chi connectivity index (χ0) is 20.5. The van der Waals surface area contributed by atoms with Crippen LogP contribution in [0.3, 0.4) is 0 Å². The highest BCUT2D eigenvalue weighted by molar-refractivity contribution is 5.21. The first-order chi connectivity index (χ1) is 12.5. The van der Waals surface area contributed by atoms with Gasteiger partial charge < -0.3 is 10.6 Å². The minimum absolute atomic E-state index is 0.124. The maximum atomic E-state index is 4.32. The Balaban J connectivity index is 2.32. The molecule has 0 saturated heterocycles. The van der Waals surface area contributed by atoms with Crippen LogP contribution in [0.2, 0.25) is 0 Å². The van der Waals surface area contributed by atoms with Gasteiger partial charge in [0.05, 0.1) is 0 Å². The number of benzene rings is 1. The van der Waals surface area contributed by atoms with Crippen LogP contribution in [0.1, 0.15) is 71.4 Å². The van der Waals surface area contributed by atoms with Gasteiger partial charge in [-0.1, -0.05) is 77.1 Å². The second-order valence-electron chi connectivity index (χ2n) is 9.50. The van der Waals surface area contributed by atoms with Gasteiger partial charge in [-0.2, -0.15) is 0 Å². The molecule has 2 heteroatoms. The van der Waals surface area contributed by atoms with Crippen molar-refractivity contribution in [3.05, 3.63) is 59.9 Å². The average molecular weight is 371 g/mol. The van der Waals surface area contributed by atoms with Crippen molar-refractivity contribution in [1.82, 2.24) is 10.6 Å². The molecule has 2 N–H and O–H groups in total. The molecule has 0 unspecified atom stereocenters. The average Bonchev–Trinajstić information content (AvgIpc) is 2.55. The molecule has 0 aliphatic carbocycles. The minimum atomic E-state index is 0.124. The summed E-state index contributed by atoms with van der Waals surface area (Å²) in [5, 5.41) is 6.91. The summed E-state index contributed by atoms with van der Waals surface area (Å²) in [6.07, 6.45) is 5.85. The molecule has 1 aromatic rings. The number of hydrogen-bond acceptors (Lipinski definition) is 2. The molecular formula is C25H42N2. The third-order valence-corrected chi connectivity index (χ3v) is 5.57. The van der Waals surface area contributed by atoms with E-state index >= 15 is 0 Å². The Hall–Kier alpha value is -1.70. The molecular weight excluding hydrogens is 328 g/mol. The normalized spacial score (nSPS) is 11.9. The van der Waals surface area contributed by atoms with Crippen molar-refractivity contribution < 1.29 is 0 Å². The van der Waals surface area contributed by atoms with Gasteiger partial charge in [0, 0.05) is 29.9 Å². The number of hydrogen-bond donors (Lipinski definition) is 2. The second kappa shape index (κ2) is 10.6. The van der Waals surface area contributed by atoms with Gasteiger partial charge in [0.1, 0.15) is 0 Å². The summed E-state index contributed by atoms with van der Waals surface area (Å²) in [4.78, 5) is 0. The van der Waals surface area contributed by atoms with Crippen molar-refractivity contribution in [2.75, 3.05) is 13.1 Å². The summed E-state index contributed by atoms with van der Waals surface area (Å²) in [5.41, 5.74) is 5.40. The van der Waals surface area contributed by atoms with E-state index in [1.807, 2.05) is 6.92 Å². The zero-order valence-electron chi connectivity index (χ0n) is 18.7. The lowest BCUT2D eigenvalue weighted by atomic mass is 9.78. The van der Waals surface area contributed by atoms with Crippen molar-refractivity contribution in [2.45, 2.75) is 73.6 Å². The van der Waals surface area contributed by atoms with Gasteiger partial charge in [0.25, 0.3) is 0 Å². The van der Waals surface area contributed by atoms with Crippen LogP contribution in [-0.2, 0) is 6.42 Å². The van der Waals surface area contributed by atoms with Gasteiger partial charge in [-0.3, -0.25) is 0 Å². The molecule has 0 aliphatic rings. The number of aryl methyl sites for hydroxylation is 1. The predicted molar refractivity (Wildman–Crippen MR) is 121 cm³/mol. The summed E-state index contributed by atoms with van der Waals surface area (Å²) < 4.78 is 0. The maximum Gasteiger partial charge on any atom is 0.0184 e. The van der Waals surface area contributed by atoms with Crippen LogP contribution >= 0.6 is 0 Å². The molecule has 0 spiro atoms. The van der Waals surface area contributed by atoms with Crippen molar-refractivity contribution in [3.8, 4) is 0 Å². The largest absolute Gasteiger partial charge is 0.389 e. The zero-order valence-corrected chi connectivity index (χ0v) is 18.7. The Labute approximate surface area is 168 Å². The topological polar surface area (TPSA) is 24.1 Å². The van der Waals surface area contributed by atoms with E-state index in [-0.39, 0.29) is 5.41 Å². The summed E-state index contributed by atoms with van der Waals surface area (Å²) in [5.74, 6) is 0. The first-order valence-electron chi connectivity index (χ1n) is 10.4. The van der Waals surface area contributed by atoms with Gasteiger partial charge in [0.15, 0.2) is 0 Å². The summed E-state index contributed by atoms with van der Waals surface area (Å²) >= 11 is 0. The van der Waals surface area contributed by atoms with Crippen LogP contribution in [-0.4, -0.2) is 13.1 Å². The monoisotopic (exact) mass is 370 g/mol. The molecule has 0 aromatic heterocycles. The SMILES string of the molecule is C=C(C)NCCC(C)(C)CCCC(C)(C)C(=C)NCCc1ccc(C)cc1. The quantitative estimate of drug-likeness (QED) is 0.421. The Bertz CT molecular complexity index is 593. The molecule has 152 valence electrons. The third kappa shape index (κ3) is 9.70. The Morgan fingerprint density at radius 1 is 0.889 bits per heavy atom. The highest BCUT2D eigenvalue weighted by Gasteiger charge is 2.24. The van der Waals surface area contributed by atoms with E-state index in [0.29, 0.717) is 5.41 Å². The lowest BCUT2D eigenvalue weighted by Gasteiger charge is -2.31. The summed E-state index contributed by atoms with van der Waals surface area (Å²) in [7, 11) is 0. The summed E-state index contributed by atoms with van der Waals surface area (Å²) in [6.45, 7) is 23.7. The van der Waals surface area contributed by atoms with Gasteiger partial charge in [0.2, 0.25) is 0 Å². The van der Waals surface area contributed by atoms with Crippen LogP contribution in [0, 0.1) is 17.8 Å². The number of nitrogens with one attached hydrogen (secondary N) is 2. The predicted octanol–water partition coefficient (Wildman–Crippen LogP) is 6.38. The van der Waals surface area contributed by atoms with Gasteiger partial charge in [-0.25, -0.2) is 0 Å². The van der Waals surface area contributed by atoms with Crippen molar-refractivity contribution in [3.63, 3.8) is 0 Å². The molecule has 0 fully saturated rings. The fourth-order valence-corrected chi connectivity index (χ4v) is 3.25. The van der Waals surface area contributed by atoms with Crippen LogP contribution < -0.4 is 10.6 Å². The second-order valence-corrected chi connectivity index (χ2v) is 9.50. The number of rotatable bonds is 13. The Morgan fingerprint density at radius 3 is 2.11 bits per heavy atom. The molecule has 0 radical (unpaired) electrons. The molecule has 1 aromatic carbocycles. The van der Waals surface area contributed by atoms with Gasteiger partial charge in [-0.05, 0) is 50.5 Å². The van der Waals surface area contributed by atoms with E-state index in [1.54, 1.807) is 0 Å². The maximum absolute atomic E-state index is 4.32. The highest BCUT2D eigenvalue weighted by Crippen LogP contribution is 2.34. The first-order valence-corrected chi connectivity index (χ1v) is 10.4. The van der Waals surface area contributed by atoms with E-state index in [1.165, 1.54) is 36.8 Å². The van der Waals surface area contributed by atoms with Crippen molar-refractivity contribution in [1.29, 1.82) is 0 Å². The molecule has 0 atom stereocenters. The van der Waals surface area contributed by atoms with Gasteiger partial charge >= 0.3 is 0 Å². The highest BCUT2D eigenvalue weighted by atomic mass is 14.9. The number of allylic oxidation sites excluding steroid dienone is 2. The lowest BCUT2D eigenvalue weighted by Crippen LogP contribution is -2.28. The van der Waals surface area contributed by atoms with E-state index in [9.17, 15) is 0 Å². The fourth-order valence-electron chi connectivity index (χ4n) is 3.25. The lowest BCUT2D eigenvalue weighted by molar-refractivity contribution is 0.267. The standard InChI is InChI=1S/C25H42N2/c1-20(2)26-19-17-24(5,6)15-9-16-25(7,8)22(4)27-18-14-23-12-10-21(3)11-13-23/h10-13,26-27H,1,4,9,14-19H2,2-3,5-8H3.